The van der Waals surface area contributed by atoms with Crippen LogP contribution in [-0.4, -0.2) is 54.8 Å². The molecule has 2 aromatic rings. The van der Waals surface area contributed by atoms with Gasteiger partial charge in [-0.1, -0.05) is 12.1 Å². The van der Waals surface area contributed by atoms with Crippen LogP contribution in [0.15, 0.2) is 59.8 Å². The molecule has 8 nitrogen and oxygen atoms in total. The molecule has 1 fully saturated rings. The molecule has 2 aliphatic heterocycles. The largest absolute Gasteiger partial charge is 0.493 e. The highest BCUT2D eigenvalue weighted by atomic mass is 32.2. The number of carbonyl (C=O) groups excluding carboxylic acids is 2. The first-order chi connectivity index (χ1) is 15.5. The van der Waals surface area contributed by atoms with Crippen LogP contribution in [0.3, 0.4) is 0 Å². The van der Waals surface area contributed by atoms with E-state index in [0.717, 1.165) is 10.5 Å². The highest BCUT2D eigenvalue weighted by Crippen LogP contribution is 2.35. The molecule has 2 atom stereocenters. The summed E-state index contributed by atoms with van der Waals surface area (Å²) >= 11 is 1.60. The third-order valence-corrected chi connectivity index (χ3v) is 6.28. The predicted octanol–water partition coefficient (Wildman–Crippen LogP) is 3.00. The number of nitrogens with one attached hydrogen (secondary N) is 2. The second kappa shape index (κ2) is 9.54. The Balaban J connectivity index is 1.40. The first kappa shape index (κ1) is 22.0. The molecule has 2 unspecified atom stereocenters. The van der Waals surface area contributed by atoms with Gasteiger partial charge < -0.3 is 24.7 Å². The van der Waals surface area contributed by atoms with Crippen LogP contribution in [0.1, 0.15) is 18.0 Å². The summed E-state index contributed by atoms with van der Waals surface area (Å²) in [6.45, 7) is -0.0375. The molecule has 9 heteroatoms. The summed E-state index contributed by atoms with van der Waals surface area (Å²) in [5.41, 5.74) is 5.07. The Bertz CT molecular complexity index is 1040. The number of carbonyl (C=O) groups is 2. The van der Waals surface area contributed by atoms with Gasteiger partial charge in [0.15, 0.2) is 11.5 Å². The maximum atomic E-state index is 13.1. The number of hydrazine groups is 1. The summed E-state index contributed by atoms with van der Waals surface area (Å²) < 4.78 is 10.7. The van der Waals surface area contributed by atoms with E-state index in [1.807, 2.05) is 48.7 Å². The SMILES string of the molecule is COc1ccc(C2CC3C(=O)N(CC(=O)Nc4cccc(SC)c4)C=CN3N2)cc1OC. The monoisotopic (exact) mass is 454 g/mol. The second-order valence-corrected chi connectivity index (χ2v) is 8.38. The topological polar surface area (TPSA) is 83.1 Å². The Hall–Kier alpha value is -3.17. The fourth-order valence-electron chi connectivity index (χ4n) is 3.91. The minimum atomic E-state index is -0.384. The molecular weight excluding hydrogens is 428 g/mol. The maximum absolute atomic E-state index is 13.1. The Labute approximate surface area is 191 Å². The van der Waals surface area contributed by atoms with Crippen LogP contribution in [-0.2, 0) is 9.59 Å². The van der Waals surface area contributed by atoms with Gasteiger partial charge in [-0.3, -0.25) is 9.59 Å². The number of ether oxygens (including phenoxy) is 2. The molecule has 0 aliphatic carbocycles. The van der Waals surface area contributed by atoms with Crippen molar-refractivity contribution in [3.05, 3.63) is 60.4 Å². The van der Waals surface area contributed by atoms with Crippen molar-refractivity contribution >= 4 is 29.3 Å². The van der Waals surface area contributed by atoms with Gasteiger partial charge >= 0.3 is 0 Å². The van der Waals surface area contributed by atoms with E-state index in [0.29, 0.717) is 23.6 Å². The van der Waals surface area contributed by atoms with Crippen LogP contribution < -0.4 is 20.2 Å². The van der Waals surface area contributed by atoms with Crippen LogP contribution in [0.25, 0.3) is 0 Å². The summed E-state index contributed by atoms with van der Waals surface area (Å²) in [5.74, 6) is 0.943. The molecule has 0 bridgehead atoms. The number of anilines is 1. The van der Waals surface area contributed by atoms with E-state index in [9.17, 15) is 9.59 Å². The van der Waals surface area contributed by atoms with E-state index in [4.69, 9.17) is 9.47 Å². The molecule has 32 heavy (non-hydrogen) atoms. The number of thioether (sulfide) groups is 1. The summed E-state index contributed by atoms with van der Waals surface area (Å²) in [6, 6.07) is 12.9. The minimum Gasteiger partial charge on any atom is -0.493 e. The first-order valence-electron chi connectivity index (χ1n) is 10.2. The molecule has 1 saturated heterocycles. The van der Waals surface area contributed by atoms with Gasteiger partial charge in [-0.05, 0) is 48.6 Å². The quantitative estimate of drug-likeness (QED) is 0.623. The molecule has 2 aromatic carbocycles. The van der Waals surface area contributed by atoms with E-state index in [1.54, 1.807) is 43.4 Å². The lowest BCUT2D eigenvalue weighted by molar-refractivity contribution is -0.137. The lowest BCUT2D eigenvalue weighted by Crippen LogP contribution is -2.49. The van der Waals surface area contributed by atoms with E-state index >= 15 is 0 Å². The average molecular weight is 455 g/mol. The van der Waals surface area contributed by atoms with E-state index in [-0.39, 0.29) is 30.4 Å². The lowest BCUT2D eigenvalue weighted by atomic mass is 10.0. The van der Waals surface area contributed by atoms with Crippen molar-refractivity contribution in [3.63, 3.8) is 0 Å². The van der Waals surface area contributed by atoms with Crippen molar-refractivity contribution in [3.8, 4) is 11.5 Å². The maximum Gasteiger partial charge on any atom is 0.251 e. The zero-order chi connectivity index (χ0) is 22.7. The lowest BCUT2D eigenvalue weighted by Gasteiger charge is -2.31. The van der Waals surface area contributed by atoms with Crippen molar-refractivity contribution in [1.29, 1.82) is 0 Å². The van der Waals surface area contributed by atoms with Crippen LogP contribution in [0.2, 0.25) is 0 Å². The van der Waals surface area contributed by atoms with Gasteiger partial charge in [0.2, 0.25) is 5.91 Å². The van der Waals surface area contributed by atoms with Crippen molar-refractivity contribution in [1.82, 2.24) is 15.3 Å². The molecule has 2 amide bonds. The molecule has 2 heterocycles. The number of methoxy groups -OCH3 is 2. The van der Waals surface area contributed by atoms with Gasteiger partial charge in [-0.2, -0.15) is 0 Å². The molecule has 2 N–H and O–H groups in total. The Morgan fingerprint density at radius 2 is 1.97 bits per heavy atom. The van der Waals surface area contributed by atoms with Gasteiger partial charge in [0.1, 0.15) is 12.6 Å². The molecule has 0 aromatic heterocycles. The van der Waals surface area contributed by atoms with Gasteiger partial charge in [-0.15, -0.1) is 11.8 Å². The summed E-state index contributed by atoms with van der Waals surface area (Å²) in [4.78, 5) is 28.1. The zero-order valence-corrected chi connectivity index (χ0v) is 19.0. The van der Waals surface area contributed by atoms with Crippen molar-refractivity contribution in [2.24, 2.45) is 0 Å². The third kappa shape index (κ3) is 4.53. The fraction of sp³-hybridized carbons (Fsp3) is 0.304. The van der Waals surface area contributed by atoms with E-state index in [1.165, 1.54) is 4.90 Å². The predicted molar refractivity (Wildman–Crippen MR) is 123 cm³/mol. The van der Waals surface area contributed by atoms with Crippen molar-refractivity contribution in [2.45, 2.75) is 23.4 Å². The highest BCUT2D eigenvalue weighted by molar-refractivity contribution is 7.98. The number of hydrogen-bond acceptors (Lipinski definition) is 7. The van der Waals surface area contributed by atoms with Gasteiger partial charge in [0.05, 0.1) is 20.3 Å². The molecule has 2 aliphatic rings. The molecular formula is C23H26N4O4S. The average Bonchev–Trinajstić information content (AvgIpc) is 3.25. The number of rotatable bonds is 7. The second-order valence-electron chi connectivity index (χ2n) is 7.50. The minimum absolute atomic E-state index is 0.0375. The normalized spacial score (nSPS) is 19.7. The molecule has 168 valence electrons. The Kier molecular flexibility index (Phi) is 6.57. The summed E-state index contributed by atoms with van der Waals surface area (Å²) in [5, 5.41) is 4.67. The number of benzene rings is 2. The van der Waals surface area contributed by atoms with Gasteiger partial charge in [0, 0.05) is 23.0 Å². The number of amides is 2. The fourth-order valence-corrected chi connectivity index (χ4v) is 4.37. The van der Waals surface area contributed by atoms with Gasteiger partial charge in [0.25, 0.3) is 5.91 Å². The molecule has 0 saturated carbocycles. The first-order valence-corrected chi connectivity index (χ1v) is 11.4. The third-order valence-electron chi connectivity index (χ3n) is 5.55. The molecule has 0 radical (unpaired) electrons. The molecule has 4 rings (SSSR count). The van der Waals surface area contributed by atoms with Crippen LogP contribution in [0, 0.1) is 0 Å². The van der Waals surface area contributed by atoms with Crippen LogP contribution in [0.5, 0.6) is 11.5 Å². The van der Waals surface area contributed by atoms with Crippen LogP contribution >= 0.6 is 11.8 Å². The molecule has 0 spiro atoms. The summed E-state index contributed by atoms with van der Waals surface area (Å²) in [6.07, 6.45) is 6.00. The number of nitrogens with zero attached hydrogens (tertiary/aromatic N) is 2. The van der Waals surface area contributed by atoms with Crippen molar-refractivity contribution < 1.29 is 19.1 Å². The Morgan fingerprint density at radius 3 is 2.72 bits per heavy atom. The Morgan fingerprint density at radius 1 is 1.16 bits per heavy atom. The van der Waals surface area contributed by atoms with E-state index < -0.39 is 0 Å². The highest BCUT2D eigenvalue weighted by Gasteiger charge is 2.40. The standard InChI is InChI=1S/C23H26N4O4S/c1-30-20-8-7-15(11-21(20)31-2)18-13-19-23(29)26(9-10-27(19)25-18)14-22(28)24-16-5-4-6-17(12-16)32-3/h4-12,18-19,25H,13-14H2,1-3H3,(H,24,28). The summed E-state index contributed by atoms with van der Waals surface area (Å²) in [7, 11) is 3.19. The zero-order valence-electron chi connectivity index (χ0n) is 18.2. The van der Waals surface area contributed by atoms with Gasteiger partial charge in [-0.25, -0.2) is 5.43 Å². The van der Waals surface area contributed by atoms with Crippen molar-refractivity contribution in [2.75, 3.05) is 32.3 Å². The van der Waals surface area contributed by atoms with E-state index in [2.05, 4.69) is 10.7 Å². The number of hydrogen-bond donors (Lipinski definition) is 2. The smallest absolute Gasteiger partial charge is 0.251 e. The van der Waals surface area contributed by atoms with Crippen LogP contribution in [0.4, 0.5) is 5.69 Å². The number of fused-ring (bicyclic) bond motifs is 1.